The second-order valence-corrected chi connectivity index (χ2v) is 14.7. The van der Waals surface area contributed by atoms with Crippen molar-refractivity contribution in [2.75, 3.05) is 12.3 Å². The highest BCUT2D eigenvalue weighted by molar-refractivity contribution is 7.80. The molecule has 1 aromatic heterocycles. The average molecular weight is 723 g/mol. The van der Waals surface area contributed by atoms with E-state index in [1.165, 1.54) is 26.2 Å². The maximum atomic E-state index is 13.5. The molecular formula is C29H38N8O10S2. The maximum absolute atomic E-state index is 13.5. The monoisotopic (exact) mass is 722 g/mol. The lowest BCUT2D eigenvalue weighted by Crippen LogP contribution is -2.76. The first-order valence-corrected chi connectivity index (χ1v) is 17.5. The summed E-state index contributed by atoms with van der Waals surface area (Å²) in [4.78, 5) is 53.0. The van der Waals surface area contributed by atoms with Crippen LogP contribution >= 0.6 is 11.3 Å². The number of aliphatic imine (C=N–C) groups is 1. The predicted molar refractivity (Wildman–Crippen MR) is 176 cm³/mol. The number of rotatable bonds is 13. The van der Waals surface area contributed by atoms with E-state index in [4.69, 9.17) is 25.6 Å². The molecule has 0 radical (unpaired) electrons. The van der Waals surface area contributed by atoms with Gasteiger partial charge in [-0.1, -0.05) is 5.16 Å². The number of aromatic nitrogens is 1. The number of carbonyl (C=O) groups excluding carboxylic acids is 2. The highest BCUT2D eigenvalue weighted by Gasteiger charge is 2.58. The molecular weight excluding hydrogens is 684 g/mol. The number of carboxylic acids is 1. The third-order valence-electron chi connectivity index (χ3n) is 8.53. The molecule has 20 heteroatoms. The van der Waals surface area contributed by atoms with Gasteiger partial charge in [0.25, 0.3) is 17.4 Å². The first-order chi connectivity index (χ1) is 22.9. The normalized spacial score (nSPS) is 23.6. The van der Waals surface area contributed by atoms with Gasteiger partial charge in [0.05, 0.1) is 12.1 Å². The molecule has 3 aliphatic heterocycles. The number of nitrogens with one attached hydrogen (secondary N) is 2. The minimum Gasteiger partial charge on any atom is -0.485 e. The first kappa shape index (κ1) is 35.9. The van der Waals surface area contributed by atoms with E-state index < -0.39 is 57.2 Å². The van der Waals surface area contributed by atoms with Crippen LogP contribution in [0, 0.1) is 0 Å². The van der Waals surface area contributed by atoms with Crippen molar-refractivity contribution in [3.05, 3.63) is 40.4 Å². The topological polar surface area (TPSA) is 270 Å². The van der Waals surface area contributed by atoms with E-state index in [0.29, 0.717) is 23.8 Å². The van der Waals surface area contributed by atoms with Gasteiger partial charge >= 0.3 is 16.4 Å². The third-order valence-corrected chi connectivity index (χ3v) is 9.54. The van der Waals surface area contributed by atoms with Crippen LogP contribution in [0.1, 0.15) is 63.8 Å². The molecule has 5 atom stereocenters. The molecule has 0 unspecified atom stereocenters. The van der Waals surface area contributed by atoms with Gasteiger partial charge in [-0.2, -0.15) is 13.5 Å². The van der Waals surface area contributed by atoms with Crippen LogP contribution in [-0.2, 0) is 40.3 Å². The van der Waals surface area contributed by atoms with Crippen LogP contribution in [0.5, 0.6) is 5.75 Å². The number of anilines is 1. The van der Waals surface area contributed by atoms with Crippen molar-refractivity contribution < 1.29 is 46.3 Å². The molecule has 0 spiro atoms. The quantitative estimate of drug-likeness (QED) is 0.0706. The summed E-state index contributed by atoms with van der Waals surface area (Å²) in [5.74, 6) is -2.19. The van der Waals surface area contributed by atoms with E-state index in [1.807, 2.05) is 19.1 Å². The van der Waals surface area contributed by atoms with Crippen LogP contribution < -0.4 is 26.8 Å². The lowest BCUT2D eigenvalue weighted by molar-refractivity contribution is -0.218. The fourth-order valence-electron chi connectivity index (χ4n) is 5.61. The van der Waals surface area contributed by atoms with Gasteiger partial charge in [-0.25, -0.2) is 9.78 Å². The second kappa shape index (κ2) is 13.5. The molecule has 0 aliphatic carbocycles. The number of ether oxygens (including phenoxy) is 1. The number of thiazole rings is 1. The maximum Gasteiger partial charge on any atom is 0.418 e. The lowest BCUT2D eigenvalue weighted by Gasteiger charge is -2.50. The number of hydrogen-bond donors (Lipinski definition) is 6. The Hall–Kier alpha value is -4.37. The Bertz CT molecular complexity index is 1810. The zero-order valence-corrected chi connectivity index (χ0v) is 28.7. The molecule has 266 valence electrons. The highest BCUT2D eigenvalue weighted by atomic mass is 32.3. The number of hydrogen-bond acceptors (Lipinski definition) is 15. The van der Waals surface area contributed by atoms with Gasteiger partial charge in [0.2, 0.25) is 0 Å². The van der Waals surface area contributed by atoms with Crippen LogP contribution in [0.2, 0.25) is 0 Å². The third kappa shape index (κ3) is 7.62. The number of amidine groups is 1. The van der Waals surface area contributed by atoms with Crippen LogP contribution in [0.3, 0.4) is 0 Å². The van der Waals surface area contributed by atoms with Crippen molar-refractivity contribution in [1.29, 1.82) is 0 Å². The number of amides is 2. The van der Waals surface area contributed by atoms with E-state index in [-0.39, 0.29) is 29.3 Å². The molecule has 3 aliphatic rings. The molecule has 4 heterocycles. The number of aliphatic carboxylic acids is 1. The van der Waals surface area contributed by atoms with E-state index in [9.17, 15) is 27.9 Å². The Morgan fingerprint density at radius 3 is 2.71 bits per heavy atom. The number of nitrogens with zero attached hydrogens (tertiary/aromatic N) is 4. The van der Waals surface area contributed by atoms with Gasteiger partial charge in [0, 0.05) is 23.0 Å². The zero-order valence-electron chi connectivity index (χ0n) is 27.1. The largest absolute Gasteiger partial charge is 0.485 e. The second-order valence-electron chi connectivity index (χ2n) is 12.8. The molecule has 2 amide bonds. The fourth-order valence-corrected chi connectivity index (χ4v) is 6.61. The van der Waals surface area contributed by atoms with Crippen molar-refractivity contribution >= 4 is 56.2 Å². The Balaban J connectivity index is 1.32. The van der Waals surface area contributed by atoms with Crippen molar-refractivity contribution in [1.82, 2.24) is 20.7 Å². The Labute approximate surface area is 285 Å². The van der Waals surface area contributed by atoms with Crippen molar-refractivity contribution in [2.45, 2.75) is 88.7 Å². The van der Waals surface area contributed by atoms with Gasteiger partial charge in [-0.15, -0.1) is 15.6 Å². The number of oxime groups is 1. The van der Waals surface area contributed by atoms with Gasteiger partial charge in [0.15, 0.2) is 16.9 Å². The van der Waals surface area contributed by atoms with Crippen molar-refractivity contribution in [3.63, 3.8) is 0 Å². The molecule has 1 aromatic carbocycles. The van der Waals surface area contributed by atoms with Crippen molar-refractivity contribution in [3.8, 4) is 5.75 Å². The Morgan fingerprint density at radius 2 is 2.10 bits per heavy atom. The molecule has 0 bridgehead atoms. The minimum atomic E-state index is -5.02. The minimum absolute atomic E-state index is 0.0651. The summed E-state index contributed by atoms with van der Waals surface area (Å²) in [5.41, 5.74) is 9.27. The summed E-state index contributed by atoms with van der Waals surface area (Å²) >= 11 is 0.971. The first-order valence-electron chi connectivity index (χ1n) is 15.3. The van der Waals surface area contributed by atoms with Gasteiger partial charge in [0.1, 0.15) is 23.3 Å². The van der Waals surface area contributed by atoms with Crippen molar-refractivity contribution in [2.24, 2.45) is 15.9 Å². The van der Waals surface area contributed by atoms with Crippen LogP contribution in [-0.4, -0.2) is 99.4 Å². The van der Waals surface area contributed by atoms with E-state index >= 15 is 0 Å². The molecule has 49 heavy (non-hydrogen) atoms. The zero-order chi connectivity index (χ0) is 35.9. The van der Waals surface area contributed by atoms with E-state index in [1.54, 1.807) is 6.07 Å². The van der Waals surface area contributed by atoms with Crippen LogP contribution in [0.4, 0.5) is 5.13 Å². The molecule has 1 fully saturated rings. The smallest absolute Gasteiger partial charge is 0.418 e. The predicted octanol–water partition coefficient (Wildman–Crippen LogP) is 0.369. The van der Waals surface area contributed by atoms with Gasteiger partial charge < -0.3 is 36.8 Å². The summed E-state index contributed by atoms with van der Waals surface area (Å²) in [7, 11) is -5.02. The van der Waals surface area contributed by atoms with E-state index in [0.717, 1.165) is 41.1 Å². The summed E-state index contributed by atoms with van der Waals surface area (Å²) in [6.07, 6.45) is 1.41. The number of carboxylic acid groups (broad SMARTS) is 1. The number of benzene rings is 1. The highest BCUT2D eigenvalue weighted by Crippen LogP contribution is 2.35. The average Bonchev–Trinajstić information content (AvgIpc) is 3.69. The summed E-state index contributed by atoms with van der Waals surface area (Å²) < 4.78 is 41.8. The molecule has 5 rings (SSSR count). The van der Waals surface area contributed by atoms with Gasteiger partial charge in [-0.05, 0) is 77.1 Å². The Morgan fingerprint density at radius 1 is 1.37 bits per heavy atom. The number of hydroxylamine groups is 2. The number of carbonyl (C=O) groups is 3. The summed E-state index contributed by atoms with van der Waals surface area (Å²) in [6, 6.07) is 4.50. The number of nitrogens with two attached hydrogens (primary N) is 2. The Kier molecular flexibility index (Phi) is 9.90. The molecule has 18 nitrogen and oxygen atoms in total. The number of nitrogen functional groups attached to an aromatic ring is 1. The SMILES string of the molecule is C[C@@H](N)CC[C@H]1CN=C(c2ccc3c(c2)CC[C@H]([C@](C)(O/N=C(\C(=O)N[C@@H]2C(=O)N(OS(=O)(=O)O)C2(C)C)c2csc(N)n2)C(=O)O)O3)N1. The fraction of sp³-hybridized carbons (Fsp3) is 0.517. The standard InChI is InChI=1S/C29H38N8O10S2/c1-14(30)5-8-17-12-32-23(33-17)16-6-9-19-15(11-16)7-10-20(45-19)29(4,26(40)41)46-36-21(18-13-48-27(31)34-18)24(38)35-22-25(39)37(28(22,2)3)47-49(42,43)44/h6,9,11,13-14,17,20,22H,5,7-8,10,12,30H2,1-4H3,(H2,31,34)(H,32,33)(H,35,38)(H,40,41)(H,42,43,44)/b36-21-/t14-,17+,20-,22-,29+/m1/s1. The van der Waals surface area contributed by atoms with Gasteiger partial charge in [-0.3, -0.25) is 19.1 Å². The summed E-state index contributed by atoms with van der Waals surface area (Å²) in [5, 5.41) is 21.9. The van der Waals surface area contributed by atoms with Crippen LogP contribution in [0.25, 0.3) is 0 Å². The molecule has 0 saturated carbocycles. The number of aryl methyl sites for hydroxylation is 1. The molecule has 2 aromatic rings. The lowest BCUT2D eigenvalue weighted by atomic mass is 9.84. The molecule has 8 N–H and O–H groups in total. The number of fused-ring (bicyclic) bond motifs is 1. The number of β-lactam (4-membered cyclic amide) rings is 1. The summed E-state index contributed by atoms with van der Waals surface area (Å²) in [6.45, 7) is 6.63. The van der Waals surface area contributed by atoms with Crippen LogP contribution in [0.15, 0.2) is 33.7 Å². The molecule has 1 saturated heterocycles. The van der Waals surface area contributed by atoms with E-state index in [2.05, 4.69) is 30.0 Å².